The second kappa shape index (κ2) is 3.86. The smallest absolute Gasteiger partial charge is 0.151 e. The van der Waals surface area contributed by atoms with E-state index < -0.39 is 0 Å². The van der Waals surface area contributed by atoms with Crippen molar-refractivity contribution in [2.24, 2.45) is 0 Å². The van der Waals surface area contributed by atoms with Gasteiger partial charge in [0.2, 0.25) is 0 Å². The Morgan fingerprint density at radius 2 is 1.94 bits per heavy atom. The molecule has 0 fully saturated rings. The van der Waals surface area contributed by atoms with E-state index in [1.54, 1.807) is 24.3 Å². The molecule has 1 N–H and O–H groups in total. The van der Waals surface area contributed by atoms with Crippen molar-refractivity contribution in [1.29, 1.82) is 0 Å². The summed E-state index contributed by atoms with van der Waals surface area (Å²) in [6, 6.07) is 12.1. The van der Waals surface area contributed by atoms with Crippen molar-refractivity contribution in [2.45, 2.75) is 0 Å². The van der Waals surface area contributed by atoms with Gasteiger partial charge in [0.25, 0.3) is 0 Å². The number of nitrogens with one attached hydrogen (secondary N) is 1. The third-order valence-electron chi connectivity index (χ3n) is 2.56. The quantitative estimate of drug-likeness (QED) is 0.690. The van der Waals surface area contributed by atoms with Crippen LogP contribution < -0.4 is 0 Å². The van der Waals surface area contributed by atoms with Gasteiger partial charge in [0.05, 0.1) is 5.52 Å². The zero-order valence-corrected chi connectivity index (χ0v) is 9.50. The highest BCUT2D eigenvalue weighted by molar-refractivity contribution is 6.30. The second-order valence-electron chi connectivity index (χ2n) is 3.73. The van der Waals surface area contributed by atoms with Crippen LogP contribution in [0.3, 0.4) is 0 Å². The Hall–Kier alpha value is -1.87. The Kier molecular flexibility index (Phi) is 2.34. The average Bonchev–Trinajstić information content (AvgIpc) is 2.74. The van der Waals surface area contributed by atoms with Crippen molar-refractivity contribution >= 4 is 22.6 Å². The normalized spacial score (nSPS) is 10.9. The molecule has 17 heavy (non-hydrogen) atoms. The van der Waals surface area contributed by atoms with Crippen LogP contribution in [0, 0.1) is 5.82 Å². The molecule has 0 aliphatic heterocycles. The Morgan fingerprint density at radius 1 is 1.12 bits per heavy atom. The molecule has 0 saturated heterocycles. The van der Waals surface area contributed by atoms with Gasteiger partial charge in [-0.1, -0.05) is 29.8 Å². The topological polar surface area (TPSA) is 28.7 Å². The van der Waals surface area contributed by atoms with Crippen molar-refractivity contribution < 1.29 is 4.39 Å². The minimum atomic E-state index is -0.327. The van der Waals surface area contributed by atoms with Crippen molar-refractivity contribution in [2.75, 3.05) is 0 Å². The summed E-state index contributed by atoms with van der Waals surface area (Å²) in [5.74, 6) is 0.291. The monoisotopic (exact) mass is 246 g/mol. The van der Waals surface area contributed by atoms with E-state index in [0.29, 0.717) is 21.9 Å². The molecule has 2 nitrogen and oxygen atoms in total. The molecule has 0 unspecified atom stereocenters. The zero-order valence-electron chi connectivity index (χ0n) is 8.74. The second-order valence-corrected chi connectivity index (χ2v) is 4.17. The van der Waals surface area contributed by atoms with E-state index >= 15 is 0 Å². The fourth-order valence-electron chi connectivity index (χ4n) is 1.77. The van der Waals surface area contributed by atoms with Gasteiger partial charge >= 0.3 is 0 Å². The van der Waals surface area contributed by atoms with Gasteiger partial charge in [0, 0.05) is 10.6 Å². The predicted octanol–water partition coefficient (Wildman–Crippen LogP) is 4.02. The van der Waals surface area contributed by atoms with Crippen molar-refractivity contribution in [3.05, 3.63) is 53.3 Å². The van der Waals surface area contributed by atoms with Gasteiger partial charge in [0.15, 0.2) is 5.82 Å². The molecule has 0 saturated carbocycles. The fraction of sp³-hybridized carbons (Fsp3) is 0. The summed E-state index contributed by atoms with van der Waals surface area (Å²) in [5.41, 5.74) is 1.87. The van der Waals surface area contributed by atoms with Crippen LogP contribution >= 0.6 is 11.6 Å². The minimum Gasteiger partial charge on any atom is -0.338 e. The molecular weight excluding hydrogens is 239 g/mol. The zero-order chi connectivity index (χ0) is 11.8. The van der Waals surface area contributed by atoms with Crippen LogP contribution in [0.2, 0.25) is 5.02 Å². The summed E-state index contributed by atoms with van der Waals surface area (Å²) in [6.45, 7) is 0. The SMILES string of the molecule is Fc1cccc2[nH]c(-c3cccc(Cl)c3)nc12. The molecule has 3 aromatic rings. The van der Waals surface area contributed by atoms with E-state index in [2.05, 4.69) is 9.97 Å². The average molecular weight is 247 g/mol. The highest BCUT2D eigenvalue weighted by Crippen LogP contribution is 2.24. The maximum absolute atomic E-state index is 13.5. The number of aromatic nitrogens is 2. The van der Waals surface area contributed by atoms with Crippen LogP contribution in [0.5, 0.6) is 0 Å². The number of halogens is 2. The highest BCUT2D eigenvalue weighted by atomic mass is 35.5. The van der Waals surface area contributed by atoms with Gasteiger partial charge in [-0.3, -0.25) is 0 Å². The van der Waals surface area contributed by atoms with Crippen LogP contribution in [0.1, 0.15) is 0 Å². The Bertz CT molecular complexity index is 691. The number of benzene rings is 2. The summed E-state index contributed by atoms with van der Waals surface area (Å²) in [7, 11) is 0. The molecule has 0 amide bonds. The summed E-state index contributed by atoms with van der Waals surface area (Å²) >= 11 is 5.91. The van der Waals surface area contributed by atoms with Gasteiger partial charge in [-0.05, 0) is 24.3 Å². The lowest BCUT2D eigenvalue weighted by Gasteiger charge is -1.96. The first kappa shape index (κ1) is 10.3. The fourth-order valence-corrected chi connectivity index (χ4v) is 1.96. The molecule has 0 spiro atoms. The molecule has 1 aromatic heterocycles. The van der Waals surface area contributed by atoms with Crippen LogP contribution in [0.4, 0.5) is 4.39 Å². The highest BCUT2D eigenvalue weighted by Gasteiger charge is 2.08. The number of hydrogen-bond donors (Lipinski definition) is 1. The number of nitrogens with zero attached hydrogens (tertiary/aromatic N) is 1. The van der Waals surface area contributed by atoms with Crippen LogP contribution in [0.25, 0.3) is 22.4 Å². The summed E-state index contributed by atoms with van der Waals surface area (Å²) in [4.78, 5) is 7.30. The number of H-pyrrole nitrogens is 1. The first-order valence-electron chi connectivity index (χ1n) is 5.14. The molecule has 2 aromatic carbocycles. The Balaban J connectivity index is 2.22. The molecule has 0 atom stereocenters. The van der Waals surface area contributed by atoms with Gasteiger partial charge < -0.3 is 4.98 Å². The lowest BCUT2D eigenvalue weighted by molar-refractivity contribution is 0.637. The number of para-hydroxylation sites is 1. The third kappa shape index (κ3) is 1.78. The molecule has 84 valence electrons. The summed E-state index contributed by atoms with van der Waals surface area (Å²) in [6.07, 6.45) is 0. The number of aromatic amines is 1. The van der Waals surface area contributed by atoms with Crippen molar-refractivity contribution in [1.82, 2.24) is 9.97 Å². The van der Waals surface area contributed by atoms with Crippen LogP contribution in [0.15, 0.2) is 42.5 Å². The molecule has 0 aliphatic rings. The summed E-state index contributed by atoms with van der Waals surface area (Å²) in [5, 5.41) is 0.628. The van der Waals surface area contributed by atoms with Gasteiger partial charge in [-0.15, -0.1) is 0 Å². The summed E-state index contributed by atoms with van der Waals surface area (Å²) < 4.78 is 13.5. The number of rotatable bonds is 1. The maximum Gasteiger partial charge on any atom is 0.151 e. The minimum absolute atomic E-state index is 0.327. The molecule has 0 radical (unpaired) electrons. The van der Waals surface area contributed by atoms with Crippen LogP contribution in [-0.4, -0.2) is 9.97 Å². The lowest BCUT2D eigenvalue weighted by atomic mass is 10.2. The van der Waals surface area contributed by atoms with E-state index in [0.717, 1.165) is 5.56 Å². The molecule has 3 rings (SSSR count). The van der Waals surface area contributed by atoms with Gasteiger partial charge in [0.1, 0.15) is 11.3 Å². The first-order chi connectivity index (χ1) is 8.24. The molecule has 1 heterocycles. The van der Waals surface area contributed by atoms with E-state index in [-0.39, 0.29) is 5.82 Å². The van der Waals surface area contributed by atoms with Gasteiger partial charge in [-0.2, -0.15) is 0 Å². The number of fused-ring (bicyclic) bond motifs is 1. The van der Waals surface area contributed by atoms with E-state index in [1.165, 1.54) is 6.07 Å². The lowest BCUT2D eigenvalue weighted by Crippen LogP contribution is -1.79. The molecule has 0 bridgehead atoms. The third-order valence-corrected chi connectivity index (χ3v) is 2.80. The predicted molar refractivity (Wildman–Crippen MR) is 66.5 cm³/mol. The Morgan fingerprint density at radius 3 is 2.71 bits per heavy atom. The van der Waals surface area contributed by atoms with E-state index in [4.69, 9.17) is 11.6 Å². The maximum atomic E-state index is 13.5. The Labute approximate surface area is 102 Å². The van der Waals surface area contributed by atoms with Crippen molar-refractivity contribution in [3.63, 3.8) is 0 Å². The molecule has 4 heteroatoms. The van der Waals surface area contributed by atoms with E-state index in [1.807, 2.05) is 12.1 Å². The first-order valence-corrected chi connectivity index (χ1v) is 5.52. The molecular formula is C13H8ClFN2. The standard InChI is InChI=1S/C13H8ClFN2/c14-9-4-1-3-8(7-9)13-16-11-6-2-5-10(15)12(11)17-13/h1-7H,(H,16,17). The molecule has 0 aliphatic carbocycles. The van der Waals surface area contributed by atoms with E-state index in [9.17, 15) is 4.39 Å². The van der Waals surface area contributed by atoms with Crippen LogP contribution in [-0.2, 0) is 0 Å². The van der Waals surface area contributed by atoms with Gasteiger partial charge in [-0.25, -0.2) is 9.37 Å². The number of hydrogen-bond acceptors (Lipinski definition) is 1. The van der Waals surface area contributed by atoms with Crippen molar-refractivity contribution in [3.8, 4) is 11.4 Å². The largest absolute Gasteiger partial charge is 0.338 e. The number of imidazole rings is 1.